The average Bonchev–Trinajstić information content (AvgIpc) is 2.53. The standard InChI is InChI=1S/C16H17Cl3N2O3/c1-9-13(15(22)24-7-3-2-6-17)14(21-16(23)20-9)10-4-5-11(18)12(19)8-10/h4-5,8,14H,2-3,6-7H2,1H3,(H2,20,21,23)/t14-/m0/s1. The molecule has 2 N–H and O–H groups in total. The van der Waals surface area contributed by atoms with Gasteiger partial charge in [0, 0.05) is 11.6 Å². The first-order valence-electron chi connectivity index (χ1n) is 7.40. The van der Waals surface area contributed by atoms with Crippen LogP contribution >= 0.6 is 34.8 Å². The van der Waals surface area contributed by atoms with Crippen molar-refractivity contribution in [2.45, 2.75) is 25.8 Å². The van der Waals surface area contributed by atoms with Crippen LogP contribution in [0.1, 0.15) is 31.4 Å². The van der Waals surface area contributed by atoms with Gasteiger partial charge in [-0.25, -0.2) is 9.59 Å². The lowest BCUT2D eigenvalue weighted by atomic mass is 9.95. The number of amides is 2. The van der Waals surface area contributed by atoms with Gasteiger partial charge in [-0.05, 0) is 37.5 Å². The summed E-state index contributed by atoms with van der Waals surface area (Å²) in [5, 5.41) is 6.03. The molecule has 0 saturated carbocycles. The van der Waals surface area contributed by atoms with Crippen molar-refractivity contribution in [3.8, 4) is 0 Å². The van der Waals surface area contributed by atoms with Crippen molar-refractivity contribution < 1.29 is 14.3 Å². The molecule has 0 saturated heterocycles. The largest absolute Gasteiger partial charge is 0.462 e. The number of urea groups is 1. The Balaban J connectivity index is 2.26. The number of rotatable bonds is 6. The lowest BCUT2D eigenvalue weighted by molar-refractivity contribution is -0.139. The predicted octanol–water partition coefficient (Wildman–Crippen LogP) is 4.18. The van der Waals surface area contributed by atoms with Crippen molar-refractivity contribution in [1.82, 2.24) is 10.6 Å². The number of carbonyl (C=O) groups excluding carboxylic acids is 2. The van der Waals surface area contributed by atoms with E-state index in [1.165, 1.54) is 0 Å². The number of hydrogen-bond donors (Lipinski definition) is 2. The van der Waals surface area contributed by atoms with Crippen LogP contribution in [0.25, 0.3) is 0 Å². The van der Waals surface area contributed by atoms with Crippen LogP contribution in [0.2, 0.25) is 10.0 Å². The van der Waals surface area contributed by atoms with Crippen molar-refractivity contribution in [3.05, 3.63) is 45.1 Å². The number of carbonyl (C=O) groups is 2. The Morgan fingerprint density at radius 2 is 2.00 bits per heavy atom. The summed E-state index contributed by atoms with van der Waals surface area (Å²) in [6.45, 7) is 1.92. The first-order chi connectivity index (χ1) is 11.4. The molecule has 130 valence electrons. The van der Waals surface area contributed by atoms with Gasteiger partial charge in [0.25, 0.3) is 0 Å². The highest BCUT2D eigenvalue weighted by Crippen LogP contribution is 2.31. The summed E-state index contributed by atoms with van der Waals surface area (Å²) in [5.41, 5.74) is 1.42. The van der Waals surface area contributed by atoms with E-state index in [2.05, 4.69) is 10.6 Å². The van der Waals surface area contributed by atoms with Crippen molar-refractivity contribution in [2.75, 3.05) is 12.5 Å². The molecule has 1 atom stereocenters. The van der Waals surface area contributed by atoms with Crippen molar-refractivity contribution >= 4 is 46.8 Å². The summed E-state index contributed by atoms with van der Waals surface area (Å²) in [4.78, 5) is 24.2. The highest BCUT2D eigenvalue weighted by molar-refractivity contribution is 6.42. The Morgan fingerprint density at radius 1 is 1.25 bits per heavy atom. The van der Waals surface area contributed by atoms with E-state index in [4.69, 9.17) is 39.5 Å². The van der Waals surface area contributed by atoms with Gasteiger partial charge in [-0.1, -0.05) is 29.3 Å². The maximum absolute atomic E-state index is 12.5. The van der Waals surface area contributed by atoms with E-state index < -0.39 is 18.0 Å². The number of alkyl halides is 1. The number of halogens is 3. The lowest BCUT2D eigenvalue weighted by Crippen LogP contribution is -2.45. The lowest BCUT2D eigenvalue weighted by Gasteiger charge is -2.28. The fraction of sp³-hybridized carbons (Fsp3) is 0.375. The van der Waals surface area contributed by atoms with Crippen LogP contribution in [0.4, 0.5) is 4.79 Å². The molecule has 0 bridgehead atoms. The van der Waals surface area contributed by atoms with Gasteiger partial charge in [-0.15, -0.1) is 11.6 Å². The Hall–Kier alpha value is -1.43. The molecular weight excluding hydrogens is 375 g/mol. The summed E-state index contributed by atoms with van der Waals surface area (Å²) in [6, 6.07) is 3.88. The molecule has 1 aromatic carbocycles. The predicted molar refractivity (Wildman–Crippen MR) is 94.5 cm³/mol. The molecule has 24 heavy (non-hydrogen) atoms. The Morgan fingerprint density at radius 3 is 2.67 bits per heavy atom. The van der Waals surface area contributed by atoms with Gasteiger partial charge < -0.3 is 15.4 Å². The third-order valence-electron chi connectivity index (χ3n) is 3.53. The maximum atomic E-state index is 12.5. The molecule has 2 amide bonds. The molecule has 0 unspecified atom stereocenters. The molecule has 8 heteroatoms. The van der Waals surface area contributed by atoms with E-state index in [9.17, 15) is 9.59 Å². The molecule has 5 nitrogen and oxygen atoms in total. The summed E-state index contributed by atoms with van der Waals surface area (Å²) < 4.78 is 5.29. The van der Waals surface area contributed by atoms with E-state index in [0.29, 0.717) is 39.2 Å². The average molecular weight is 392 g/mol. The van der Waals surface area contributed by atoms with E-state index in [1.54, 1.807) is 25.1 Å². The molecule has 0 radical (unpaired) electrons. The molecule has 2 rings (SSSR count). The summed E-state index contributed by atoms with van der Waals surface area (Å²) in [5.74, 6) is 0.0219. The van der Waals surface area contributed by atoms with Crippen LogP contribution in [-0.2, 0) is 9.53 Å². The van der Waals surface area contributed by atoms with E-state index >= 15 is 0 Å². The molecule has 0 aliphatic carbocycles. The van der Waals surface area contributed by atoms with Crippen molar-refractivity contribution in [3.63, 3.8) is 0 Å². The van der Waals surface area contributed by atoms with Crippen LogP contribution < -0.4 is 10.6 Å². The topological polar surface area (TPSA) is 67.4 Å². The second-order valence-electron chi connectivity index (χ2n) is 5.28. The summed E-state index contributed by atoms with van der Waals surface area (Å²) >= 11 is 17.6. The molecule has 1 aliphatic rings. The molecule has 0 aromatic heterocycles. The Bertz CT molecular complexity index is 677. The van der Waals surface area contributed by atoms with Gasteiger partial charge in [0.15, 0.2) is 0 Å². The molecular formula is C16H17Cl3N2O3. The van der Waals surface area contributed by atoms with Gasteiger partial charge in [-0.3, -0.25) is 0 Å². The number of nitrogens with one attached hydrogen (secondary N) is 2. The monoisotopic (exact) mass is 390 g/mol. The van der Waals surface area contributed by atoms with Gasteiger partial charge in [-0.2, -0.15) is 0 Å². The molecule has 0 fully saturated rings. The Kier molecular flexibility index (Phi) is 6.78. The van der Waals surface area contributed by atoms with E-state index in [1.807, 2.05) is 0 Å². The minimum atomic E-state index is -0.658. The first kappa shape index (κ1) is 18.9. The zero-order chi connectivity index (χ0) is 17.7. The van der Waals surface area contributed by atoms with Gasteiger partial charge in [0.05, 0.1) is 28.3 Å². The van der Waals surface area contributed by atoms with Crippen LogP contribution in [-0.4, -0.2) is 24.5 Å². The SMILES string of the molecule is CC1=C(C(=O)OCCCCCl)[C@H](c2ccc(Cl)c(Cl)c2)NC(=O)N1. The molecule has 1 heterocycles. The third kappa shape index (κ3) is 4.56. The van der Waals surface area contributed by atoms with E-state index in [0.717, 1.165) is 6.42 Å². The normalized spacial score (nSPS) is 17.3. The number of esters is 1. The zero-order valence-electron chi connectivity index (χ0n) is 13.0. The second kappa shape index (κ2) is 8.60. The number of ether oxygens (including phenoxy) is 1. The highest BCUT2D eigenvalue weighted by Gasteiger charge is 2.32. The molecule has 1 aromatic rings. The number of hydrogen-bond acceptors (Lipinski definition) is 3. The van der Waals surface area contributed by atoms with Gasteiger partial charge >= 0.3 is 12.0 Å². The summed E-state index contributed by atoms with van der Waals surface area (Å²) in [7, 11) is 0. The Labute approximate surface area is 155 Å². The second-order valence-corrected chi connectivity index (χ2v) is 6.47. The minimum Gasteiger partial charge on any atom is -0.462 e. The molecule has 0 spiro atoms. The maximum Gasteiger partial charge on any atom is 0.338 e. The minimum absolute atomic E-state index is 0.268. The highest BCUT2D eigenvalue weighted by atomic mass is 35.5. The first-order valence-corrected chi connectivity index (χ1v) is 8.69. The van der Waals surface area contributed by atoms with Crippen LogP contribution in [0.5, 0.6) is 0 Å². The smallest absolute Gasteiger partial charge is 0.338 e. The van der Waals surface area contributed by atoms with Gasteiger partial charge in [0.2, 0.25) is 0 Å². The van der Waals surface area contributed by atoms with Gasteiger partial charge in [0.1, 0.15) is 0 Å². The summed E-state index contributed by atoms with van der Waals surface area (Å²) in [6.07, 6.45) is 1.44. The van der Waals surface area contributed by atoms with Crippen molar-refractivity contribution in [2.24, 2.45) is 0 Å². The van der Waals surface area contributed by atoms with Crippen LogP contribution in [0.15, 0.2) is 29.5 Å². The van der Waals surface area contributed by atoms with Crippen molar-refractivity contribution in [1.29, 1.82) is 0 Å². The number of allylic oxidation sites excluding steroid dienone is 1. The van der Waals surface area contributed by atoms with Crippen LogP contribution in [0, 0.1) is 0 Å². The van der Waals surface area contributed by atoms with Crippen LogP contribution in [0.3, 0.4) is 0 Å². The fourth-order valence-corrected chi connectivity index (χ4v) is 2.84. The molecule has 1 aliphatic heterocycles. The quantitative estimate of drug-likeness (QED) is 0.434. The fourth-order valence-electron chi connectivity index (χ4n) is 2.35. The number of benzene rings is 1. The van der Waals surface area contributed by atoms with E-state index in [-0.39, 0.29) is 6.61 Å². The third-order valence-corrected chi connectivity index (χ3v) is 4.53. The zero-order valence-corrected chi connectivity index (χ0v) is 15.3. The number of unbranched alkanes of at least 4 members (excludes halogenated alkanes) is 1.